The van der Waals surface area contributed by atoms with E-state index in [9.17, 15) is 14.4 Å². The monoisotopic (exact) mass is 344 g/mol. The Morgan fingerprint density at radius 2 is 1.96 bits per heavy atom. The second kappa shape index (κ2) is 7.63. The molecule has 2 aliphatic heterocycles. The summed E-state index contributed by atoms with van der Waals surface area (Å²) >= 11 is 0. The highest BCUT2D eigenvalue weighted by atomic mass is 16.2. The number of amides is 3. The van der Waals surface area contributed by atoms with E-state index in [0.717, 1.165) is 12.0 Å². The van der Waals surface area contributed by atoms with Crippen molar-refractivity contribution < 1.29 is 14.4 Å². The second-order valence-electron chi connectivity index (χ2n) is 6.72. The van der Waals surface area contributed by atoms with Gasteiger partial charge in [0.05, 0.1) is 5.92 Å². The number of hydrogen-bond acceptors (Lipinski definition) is 4. The first-order valence-corrected chi connectivity index (χ1v) is 8.75. The van der Waals surface area contributed by atoms with Crippen LogP contribution in [0.25, 0.3) is 0 Å². The average Bonchev–Trinajstić information content (AvgIpc) is 2.82. The first-order valence-electron chi connectivity index (χ1n) is 8.75. The molecule has 0 bridgehead atoms. The number of nitrogens with zero attached hydrogens (tertiary/aromatic N) is 4. The van der Waals surface area contributed by atoms with Crippen molar-refractivity contribution in [1.82, 2.24) is 19.7 Å². The third-order valence-electron chi connectivity index (χ3n) is 4.91. The quantitative estimate of drug-likeness (QED) is 0.801. The Morgan fingerprint density at radius 1 is 1.20 bits per heavy atom. The summed E-state index contributed by atoms with van der Waals surface area (Å²) in [6, 6.07) is 3.77. The number of likely N-dealkylation sites (tertiary alicyclic amines) is 1. The summed E-state index contributed by atoms with van der Waals surface area (Å²) in [5.74, 6) is -0.184. The van der Waals surface area contributed by atoms with E-state index in [4.69, 9.17) is 0 Å². The fourth-order valence-electron chi connectivity index (χ4n) is 3.51. The van der Waals surface area contributed by atoms with Crippen LogP contribution in [0.1, 0.15) is 25.3 Å². The van der Waals surface area contributed by atoms with Gasteiger partial charge in [-0.15, -0.1) is 0 Å². The van der Waals surface area contributed by atoms with Crippen LogP contribution in [-0.4, -0.2) is 70.1 Å². The number of carbonyl (C=O) groups is 3. The lowest BCUT2D eigenvalue weighted by Gasteiger charge is -2.24. The highest BCUT2D eigenvalue weighted by Crippen LogP contribution is 2.22. The molecule has 3 amide bonds. The molecule has 0 N–H and O–H groups in total. The van der Waals surface area contributed by atoms with Gasteiger partial charge < -0.3 is 14.7 Å². The van der Waals surface area contributed by atoms with Gasteiger partial charge in [0.15, 0.2) is 0 Å². The van der Waals surface area contributed by atoms with Crippen LogP contribution < -0.4 is 0 Å². The van der Waals surface area contributed by atoms with E-state index in [1.807, 2.05) is 17.0 Å². The minimum Gasteiger partial charge on any atom is -0.341 e. The molecule has 2 saturated heterocycles. The molecule has 0 spiro atoms. The van der Waals surface area contributed by atoms with Crippen molar-refractivity contribution in [3.05, 3.63) is 30.1 Å². The summed E-state index contributed by atoms with van der Waals surface area (Å²) in [5, 5.41) is 0. The molecular weight excluding hydrogens is 320 g/mol. The number of carbonyl (C=O) groups excluding carboxylic acids is 3. The lowest BCUT2D eigenvalue weighted by atomic mass is 10.1. The van der Waals surface area contributed by atoms with Gasteiger partial charge in [-0.25, -0.2) is 0 Å². The van der Waals surface area contributed by atoms with Crippen molar-refractivity contribution in [2.45, 2.75) is 26.3 Å². The number of aromatic nitrogens is 1. The molecule has 0 aliphatic carbocycles. The molecular formula is C18H24N4O3. The molecule has 0 radical (unpaired) electrons. The second-order valence-corrected chi connectivity index (χ2v) is 6.72. The smallest absolute Gasteiger partial charge is 0.228 e. The summed E-state index contributed by atoms with van der Waals surface area (Å²) in [6.07, 6.45) is 4.50. The maximum atomic E-state index is 12.8. The van der Waals surface area contributed by atoms with Gasteiger partial charge in [0, 0.05) is 65.0 Å². The Labute approximate surface area is 147 Å². The Kier molecular flexibility index (Phi) is 5.31. The molecule has 1 aromatic heterocycles. The van der Waals surface area contributed by atoms with Crippen LogP contribution in [0.2, 0.25) is 0 Å². The summed E-state index contributed by atoms with van der Waals surface area (Å²) < 4.78 is 0. The van der Waals surface area contributed by atoms with E-state index >= 15 is 0 Å². The molecule has 134 valence electrons. The molecule has 1 aromatic rings. The molecule has 0 aromatic carbocycles. The zero-order valence-electron chi connectivity index (χ0n) is 14.6. The number of rotatable bonds is 3. The highest BCUT2D eigenvalue weighted by molar-refractivity contribution is 5.89. The molecule has 2 fully saturated rings. The van der Waals surface area contributed by atoms with Gasteiger partial charge in [0.2, 0.25) is 17.7 Å². The van der Waals surface area contributed by atoms with Crippen LogP contribution in [0.3, 0.4) is 0 Å². The fourth-order valence-corrected chi connectivity index (χ4v) is 3.51. The molecule has 2 aliphatic rings. The van der Waals surface area contributed by atoms with E-state index in [-0.39, 0.29) is 30.1 Å². The summed E-state index contributed by atoms with van der Waals surface area (Å²) in [4.78, 5) is 46.0. The third-order valence-corrected chi connectivity index (χ3v) is 4.91. The SMILES string of the molecule is CC(=O)N1CCCN(C(=O)[C@H]2CC(=O)N(Cc3cccnc3)C2)CC1. The Hall–Kier alpha value is -2.44. The van der Waals surface area contributed by atoms with Crippen LogP contribution in [0.15, 0.2) is 24.5 Å². The predicted molar refractivity (Wildman–Crippen MR) is 91.2 cm³/mol. The van der Waals surface area contributed by atoms with Crippen molar-refractivity contribution in [3.63, 3.8) is 0 Å². The van der Waals surface area contributed by atoms with Gasteiger partial charge >= 0.3 is 0 Å². The third kappa shape index (κ3) is 4.15. The molecule has 1 atom stereocenters. The fraction of sp³-hybridized carbons (Fsp3) is 0.556. The highest BCUT2D eigenvalue weighted by Gasteiger charge is 2.36. The first-order chi connectivity index (χ1) is 12.0. The van der Waals surface area contributed by atoms with Crippen LogP contribution in [0, 0.1) is 5.92 Å². The Morgan fingerprint density at radius 3 is 2.68 bits per heavy atom. The normalized spacial score (nSPS) is 21.4. The van der Waals surface area contributed by atoms with Crippen molar-refractivity contribution in [3.8, 4) is 0 Å². The van der Waals surface area contributed by atoms with Crippen molar-refractivity contribution in [2.75, 3.05) is 32.7 Å². The number of hydrogen-bond donors (Lipinski definition) is 0. The Bertz CT molecular complexity index is 649. The predicted octanol–water partition coefficient (Wildman–Crippen LogP) is 0.511. The standard InChI is InChI=1S/C18H24N4O3/c1-14(23)20-6-3-7-21(9-8-20)18(25)16-10-17(24)22(13-16)12-15-4-2-5-19-11-15/h2,4-5,11,16H,3,6-10,12-13H2,1H3/t16-/m0/s1. The van der Waals surface area contributed by atoms with Crippen LogP contribution >= 0.6 is 0 Å². The molecule has 3 heterocycles. The molecule has 3 rings (SSSR count). The van der Waals surface area contributed by atoms with E-state index in [2.05, 4.69) is 4.98 Å². The Balaban J connectivity index is 1.58. The largest absolute Gasteiger partial charge is 0.341 e. The van der Waals surface area contributed by atoms with E-state index in [1.165, 1.54) is 0 Å². The van der Waals surface area contributed by atoms with E-state index < -0.39 is 0 Å². The van der Waals surface area contributed by atoms with E-state index in [1.54, 1.807) is 29.1 Å². The van der Waals surface area contributed by atoms with Gasteiger partial charge in [-0.3, -0.25) is 19.4 Å². The molecule has 7 heteroatoms. The van der Waals surface area contributed by atoms with Crippen molar-refractivity contribution >= 4 is 17.7 Å². The molecule has 7 nitrogen and oxygen atoms in total. The first kappa shape index (κ1) is 17.4. The van der Waals surface area contributed by atoms with Gasteiger partial charge in [0.25, 0.3) is 0 Å². The van der Waals surface area contributed by atoms with Gasteiger partial charge in [-0.05, 0) is 18.1 Å². The van der Waals surface area contributed by atoms with Crippen LogP contribution in [-0.2, 0) is 20.9 Å². The molecule has 0 unspecified atom stereocenters. The number of pyridine rings is 1. The maximum Gasteiger partial charge on any atom is 0.228 e. The summed E-state index contributed by atoms with van der Waals surface area (Å²) in [6.45, 7) is 4.97. The summed E-state index contributed by atoms with van der Waals surface area (Å²) in [7, 11) is 0. The van der Waals surface area contributed by atoms with Crippen molar-refractivity contribution in [2.24, 2.45) is 5.92 Å². The van der Waals surface area contributed by atoms with Crippen LogP contribution in [0.5, 0.6) is 0 Å². The van der Waals surface area contributed by atoms with Crippen molar-refractivity contribution in [1.29, 1.82) is 0 Å². The topological polar surface area (TPSA) is 73.8 Å². The van der Waals surface area contributed by atoms with Crippen LogP contribution in [0.4, 0.5) is 0 Å². The maximum absolute atomic E-state index is 12.8. The minimum atomic E-state index is -0.284. The summed E-state index contributed by atoms with van der Waals surface area (Å²) in [5.41, 5.74) is 0.968. The van der Waals surface area contributed by atoms with Gasteiger partial charge in [-0.1, -0.05) is 6.07 Å². The minimum absolute atomic E-state index is 0.0161. The lowest BCUT2D eigenvalue weighted by Crippen LogP contribution is -2.40. The van der Waals surface area contributed by atoms with Gasteiger partial charge in [-0.2, -0.15) is 0 Å². The average molecular weight is 344 g/mol. The lowest BCUT2D eigenvalue weighted by molar-refractivity contribution is -0.136. The zero-order chi connectivity index (χ0) is 17.8. The van der Waals surface area contributed by atoms with Gasteiger partial charge in [0.1, 0.15) is 0 Å². The van der Waals surface area contributed by atoms with E-state index in [0.29, 0.717) is 39.3 Å². The molecule has 0 saturated carbocycles. The zero-order valence-corrected chi connectivity index (χ0v) is 14.6. The molecule has 25 heavy (non-hydrogen) atoms.